The fourth-order valence-electron chi connectivity index (χ4n) is 5.72. The molecule has 0 spiro atoms. The fourth-order valence-corrected chi connectivity index (χ4v) is 5.72. The summed E-state index contributed by atoms with van der Waals surface area (Å²) in [6.07, 6.45) is 3.13. The number of halogens is 1. The highest BCUT2D eigenvalue weighted by atomic mass is 19.1. The monoisotopic (exact) mass is 585 g/mol. The third-order valence-corrected chi connectivity index (χ3v) is 8.13. The van der Waals surface area contributed by atoms with Crippen molar-refractivity contribution in [3.63, 3.8) is 0 Å². The molecule has 8 nitrogen and oxygen atoms in total. The summed E-state index contributed by atoms with van der Waals surface area (Å²) in [5.41, 5.74) is 3.82. The lowest BCUT2D eigenvalue weighted by Gasteiger charge is -2.35. The molecule has 2 heterocycles. The molecule has 2 unspecified atom stereocenters. The number of fused-ring (bicyclic) bond motifs is 1. The van der Waals surface area contributed by atoms with Crippen LogP contribution in [0.1, 0.15) is 36.8 Å². The van der Waals surface area contributed by atoms with Gasteiger partial charge in [0.15, 0.2) is 0 Å². The summed E-state index contributed by atoms with van der Waals surface area (Å²) in [6.45, 7) is 3.71. The van der Waals surface area contributed by atoms with E-state index in [9.17, 15) is 14.0 Å². The van der Waals surface area contributed by atoms with E-state index in [2.05, 4.69) is 15.2 Å². The zero-order valence-electron chi connectivity index (χ0n) is 25.2. The average molecular weight is 586 g/mol. The van der Waals surface area contributed by atoms with Gasteiger partial charge in [0.1, 0.15) is 23.7 Å². The molecule has 226 valence electrons. The number of carbonyl (C=O) groups excluding carboxylic acids is 2. The molecule has 1 saturated heterocycles. The number of H-pyrrole nitrogens is 1. The van der Waals surface area contributed by atoms with E-state index in [0.29, 0.717) is 31.7 Å². The predicted octanol–water partition coefficient (Wildman–Crippen LogP) is 5.76. The number of piperidine rings is 1. The van der Waals surface area contributed by atoms with Gasteiger partial charge in [-0.3, -0.25) is 4.79 Å². The number of carbonyl (C=O) groups is 2. The number of nitrogens with zero attached hydrogens (tertiary/aromatic N) is 3. The quantitative estimate of drug-likeness (QED) is 0.262. The van der Waals surface area contributed by atoms with Crippen molar-refractivity contribution in [1.82, 2.24) is 20.1 Å². The van der Waals surface area contributed by atoms with Crippen molar-refractivity contribution in [2.75, 3.05) is 39.1 Å². The number of anilines is 1. The molecule has 1 fully saturated rings. The van der Waals surface area contributed by atoms with Crippen LogP contribution in [0.15, 0.2) is 79.0 Å². The molecular formula is C34H40FN5O3. The third kappa shape index (κ3) is 7.17. The van der Waals surface area contributed by atoms with Crippen LogP contribution in [0.4, 0.5) is 14.9 Å². The molecule has 0 aliphatic carbocycles. The molecule has 2 atom stereocenters. The number of urea groups is 1. The Balaban J connectivity index is 1.33. The van der Waals surface area contributed by atoms with E-state index in [1.165, 1.54) is 12.1 Å². The summed E-state index contributed by atoms with van der Waals surface area (Å²) in [4.78, 5) is 36.6. The number of benzene rings is 3. The van der Waals surface area contributed by atoms with Gasteiger partial charge in [-0.15, -0.1) is 0 Å². The van der Waals surface area contributed by atoms with E-state index < -0.39 is 6.04 Å². The zero-order valence-corrected chi connectivity index (χ0v) is 25.2. The van der Waals surface area contributed by atoms with Gasteiger partial charge in [0.25, 0.3) is 0 Å². The molecule has 1 aliphatic heterocycles. The molecule has 9 heteroatoms. The Bertz CT molecular complexity index is 1550. The van der Waals surface area contributed by atoms with Crippen LogP contribution in [0.5, 0.6) is 5.75 Å². The van der Waals surface area contributed by atoms with Crippen LogP contribution in [0.3, 0.4) is 0 Å². The second-order valence-corrected chi connectivity index (χ2v) is 11.6. The molecule has 1 aromatic heterocycles. The number of nitrogens with one attached hydrogen (secondary N) is 2. The maximum absolute atomic E-state index is 14.2. The van der Waals surface area contributed by atoms with Crippen molar-refractivity contribution in [3.05, 3.63) is 95.9 Å². The van der Waals surface area contributed by atoms with Crippen molar-refractivity contribution in [2.24, 2.45) is 0 Å². The summed E-state index contributed by atoms with van der Waals surface area (Å²) < 4.78 is 19.3. The molecule has 0 bridgehead atoms. The van der Waals surface area contributed by atoms with Crippen LogP contribution < -0.4 is 15.0 Å². The molecule has 4 aromatic rings. The normalized spacial score (nSPS) is 15.3. The summed E-state index contributed by atoms with van der Waals surface area (Å²) in [5.74, 6) is -0.195. The topological polar surface area (TPSA) is 80.9 Å². The first-order valence-corrected chi connectivity index (χ1v) is 14.7. The summed E-state index contributed by atoms with van der Waals surface area (Å²) >= 11 is 0. The lowest BCUT2D eigenvalue weighted by molar-refractivity contribution is -0.120. The lowest BCUT2D eigenvalue weighted by atomic mass is 9.91. The van der Waals surface area contributed by atoms with Crippen molar-refractivity contribution >= 4 is 28.5 Å². The van der Waals surface area contributed by atoms with E-state index in [1.54, 1.807) is 29.0 Å². The van der Waals surface area contributed by atoms with Crippen LogP contribution in [0.25, 0.3) is 10.9 Å². The van der Waals surface area contributed by atoms with Gasteiger partial charge in [0.05, 0.1) is 0 Å². The van der Waals surface area contributed by atoms with Crippen LogP contribution in [-0.4, -0.2) is 73.1 Å². The van der Waals surface area contributed by atoms with Crippen LogP contribution in [0, 0.1) is 5.82 Å². The minimum absolute atomic E-state index is 0.0716. The number of amides is 3. The maximum Gasteiger partial charge on any atom is 0.318 e. The van der Waals surface area contributed by atoms with E-state index in [4.69, 9.17) is 4.74 Å². The molecule has 5 rings (SSSR count). The molecule has 43 heavy (non-hydrogen) atoms. The number of para-hydroxylation sites is 1. The summed E-state index contributed by atoms with van der Waals surface area (Å²) in [5, 5.41) is 4.12. The van der Waals surface area contributed by atoms with Crippen molar-refractivity contribution in [2.45, 2.75) is 44.4 Å². The van der Waals surface area contributed by atoms with E-state index in [1.807, 2.05) is 75.7 Å². The van der Waals surface area contributed by atoms with Crippen molar-refractivity contribution in [3.8, 4) is 5.75 Å². The van der Waals surface area contributed by atoms with Gasteiger partial charge in [-0.2, -0.15) is 0 Å². The molecule has 1 aliphatic rings. The minimum Gasteiger partial charge on any atom is -0.490 e. The molecule has 2 N–H and O–H groups in total. The van der Waals surface area contributed by atoms with Crippen molar-refractivity contribution < 1.29 is 18.7 Å². The molecule has 3 aromatic carbocycles. The van der Waals surface area contributed by atoms with Gasteiger partial charge in [-0.05, 0) is 67.7 Å². The number of likely N-dealkylation sites (N-methyl/N-ethyl adjacent to an activating group) is 1. The first kappa shape index (κ1) is 30.1. The Kier molecular flexibility index (Phi) is 9.31. The van der Waals surface area contributed by atoms with Gasteiger partial charge < -0.3 is 29.7 Å². The second kappa shape index (κ2) is 13.3. The predicted molar refractivity (Wildman–Crippen MR) is 168 cm³/mol. The first-order chi connectivity index (χ1) is 20.7. The minimum atomic E-state index is -0.803. The largest absolute Gasteiger partial charge is 0.490 e. The number of rotatable bonds is 9. The zero-order chi connectivity index (χ0) is 30.5. The summed E-state index contributed by atoms with van der Waals surface area (Å²) in [7, 11) is 5.78. The number of ether oxygens (including phenoxy) is 1. The third-order valence-electron chi connectivity index (χ3n) is 8.13. The number of aromatic amines is 1. The van der Waals surface area contributed by atoms with E-state index in [0.717, 1.165) is 34.3 Å². The Morgan fingerprint density at radius 2 is 1.74 bits per heavy atom. The summed E-state index contributed by atoms with van der Waals surface area (Å²) in [6, 6.07) is 20.8. The van der Waals surface area contributed by atoms with Crippen LogP contribution >= 0.6 is 0 Å². The Labute approximate surface area is 252 Å². The Morgan fingerprint density at radius 1 is 1.02 bits per heavy atom. The standard InChI is InChI=1S/C34H40FN5O3/c1-23(30-21-36-31-11-6-5-10-29(30)31)32(33(41)39(4)26-9-7-8-24(20-26)22-38(2)3)37-34(42)40-18-16-28(17-19-40)43-27-14-12-25(35)13-15-27/h5-15,20-21,23,28,32,36H,16-19,22H2,1-4H3,(H,37,42). The van der Waals surface area contributed by atoms with Gasteiger partial charge in [0, 0.05) is 68.2 Å². The number of likely N-dealkylation sites (tertiary alicyclic amines) is 1. The Hall–Kier alpha value is -4.37. The van der Waals surface area contributed by atoms with Gasteiger partial charge >= 0.3 is 6.03 Å². The van der Waals surface area contributed by atoms with E-state index in [-0.39, 0.29) is 29.8 Å². The Morgan fingerprint density at radius 3 is 2.47 bits per heavy atom. The average Bonchev–Trinajstić information content (AvgIpc) is 3.44. The highest BCUT2D eigenvalue weighted by Crippen LogP contribution is 2.30. The smallest absolute Gasteiger partial charge is 0.318 e. The SMILES string of the molecule is CC(c1c[nH]c2ccccc12)C(NC(=O)N1CCC(Oc2ccc(F)cc2)CC1)C(=O)N(C)c1cccc(CN(C)C)c1. The van der Waals surface area contributed by atoms with Crippen molar-refractivity contribution in [1.29, 1.82) is 0 Å². The lowest BCUT2D eigenvalue weighted by Crippen LogP contribution is -2.55. The van der Waals surface area contributed by atoms with Crippen LogP contribution in [-0.2, 0) is 11.3 Å². The maximum atomic E-state index is 14.2. The fraction of sp³-hybridized carbons (Fsp3) is 0.353. The number of aromatic nitrogens is 1. The molecule has 0 saturated carbocycles. The molecular weight excluding hydrogens is 545 g/mol. The first-order valence-electron chi connectivity index (χ1n) is 14.7. The van der Waals surface area contributed by atoms with Crippen LogP contribution in [0.2, 0.25) is 0 Å². The van der Waals surface area contributed by atoms with Gasteiger partial charge in [-0.25, -0.2) is 9.18 Å². The highest BCUT2D eigenvalue weighted by Gasteiger charge is 2.34. The molecule has 0 radical (unpaired) electrons. The van der Waals surface area contributed by atoms with Gasteiger partial charge in [-0.1, -0.05) is 37.3 Å². The number of hydrogen-bond acceptors (Lipinski definition) is 4. The van der Waals surface area contributed by atoms with E-state index >= 15 is 0 Å². The molecule has 3 amide bonds. The number of hydrogen-bond donors (Lipinski definition) is 2. The highest BCUT2D eigenvalue weighted by molar-refractivity contribution is 6.00. The second-order valence-electron chi connectivity index (χ2n) is 11.6. The van der Waals surface area contributed by atoms with Gasteiger partial charge in [0.2, 0.25) is 5.91 Å².